The van der Waals surface area contributed by atoms with Gasteiger partial charge in [0.15, 0.2) is 6.23 Å². The molecule has 0 aromatic heterocycles. The van der Waals surface area contributed by atoms with Crippen LogP contribution in [0.1, 0.15) is 27.2 Å². The fourth-order valence-corrected chi connectivity index (χ4v) is 1.51. The Kier molecular flexibility index (Phi) is 3.85. The maximum Gasteiger partial charge on any atom is 0.510 e. The predicted octanol–water partition coefficient (Wildman–Crippen LogP) is 1.65. The van der Waals surface area contributed by atoms with Crippen molar-refractivity contribution in [3.05, 3.63) is 0 Å². The molecule has 1 atom stereocenters. The van der Waals surface area contributed by atoms with E-state index in [4.69, 9.17) is 9.47 Å². The fraction of sp³-hybridized carbons (Fsp3) is 0.818. The molecule has 0 saturated carbocycles. The summed E-state index contributed by atoms with van der Waals surface area (Å²) in [6, 6.07) is -0.162. The van der Waals surface area contributed by atoms with Gasteiger partial charge in [-0.25, -0.2) is 9.59 Å². The number of amides is 2. The molecule has 6 nitrogen and oxygen atoms in total. The Labute approximate surface area is 101 Å². The van der Waals surface area contributed by atoms with Crippen molar-refractivity contribution in [2.45, 2.75) is 39.0 Å². The van der Waals surface area contributed by atoms with Crippen molar-refractivity contribution >= 4 is 12.2 Å². The largest absolute Gasteiger partial charge is 0.510 e. The van der Waals surface area contributed by atoms with Crippen molar-refractivity contribution in [2.24, 2.45) is 0 Å². The number of nitrogens with zero attached hydrogens (tertiary/aromatic N) is 2. The van der Waals surface area contributed by atoms with E-state index in [1.807, 2.05) is 0 Å². The van der Waals surface area contributed by atoms with Gasteiger partial charge in [-0.2, -0.15) is 0 Å². The molecule has 17 heavy (non-hydrogen) atoms. The minimum absolute atomic E-state index is 0.162. The van der Waals surface area contributed by atoms with Gasteiger partial charge in [-0.15, -0.1) is 0 Å². The van der Waals surface area contributed by atoms with Crippen LogP contribution in [-0.2, 0) is 9.47 Å². The monoisotopic (exact) mass is 244 g/mol. The van der Waals surface area contributed by atoms with E-state index in [1.54, 1.807) is 39.8 Å². The van der Waals surface area contributed by atoms with Crippen LogP contribution < -0.4 is 0 Å². The van der Waals surface area contributed by atoms with E-state index < -0.39 is 18.0 Å². The van der Waals surface area contributed by atoms with Crippen LogP contribution in [0.4, 0.5) is 9.59 Å². The Bertz CT molecular complexity index is 311. The van der Waals surface area contributed by atoms with E-state index >= 15 is 0 Å². The zero-order valence-corrected chi connectivity index (χ0v) is 11.0. The highest BCUT2D eigenvalue weighted by Crippen LogP contribution is 2.16. The summed E-state index contributed by atoms with van der Waals surface area (Å²) in [5, 5.41) is 0. The maximum atomic E-state index is 11.6. The summed E-state index contributed by atoms with van der Waals surface area (Å²) in [4.78, 5) is 26.1. The summed E-state index contributed by atoms with van der Waals surface area (Å²) in [6.45, 7) is 5.85. The van der Waals surface area contributed by atoms with E-state index in [9.17, 15) is 9.59 Å². The molecule has 0 bridgehead atoms. The number of hydrogen-bond acceptors (Lipinski definition) is 4. The van der Waals surface area contributed by atoms with E-state index in [0.29, 0.717) is 13.0 Å². The Morgan fingerprint density at radius 2 is 1.94 bits per heavy atom. The summed E-state index contributed by atoms with van der Waals surface area (Å²) < 4.78 is 10.2. The summed E-state index contributed by atoms with van der Waals surface area (Å²) in [5.74, 6) is 0. The van der Waals surface area contributed by atoms with Crippen molar-refractivity contribution in [1.82, 2.24) is 9.80 Å². The Hall–Kier alpha value is -1.46. The number of hydrogen-bond donors (Lipinski definition) is 0. The van der Waals surface area contributed by atoms with Gasteiger partial charge in [-0.05, 0) is 20.8 Å². The van der Waals surface area contributed by atoms with Gasteiger partial charge in [-0.3, -0.25) is 4.90 Å². The highest BCUT2D eigenvalue weighted by atomic mass is 16.7. The third kappa shape index (κ3) is 3.80. The molecule has 1 fully saturated rings. The van der Waals surface area contributed by atoms with Crippen LogP contribution in [0.2, 0.25) is 0 Å². The molecule has 0 aliphatic carbocycles. The molecule has 1 unspecified atom stereocenters. The standard InChI is InChI=1S/C11H20N2O4/c1-11(2,3)17-10(15)16-8-6-7-12(4)9(14)13(8)5/h8H,6-7H2,1-5H3. The molecule has 2 amide bonds. The van der Waals surface area contributed by atoms with Crippen molar-refractivity contribution in [2.75, 3.05) is 20.6 Å². The molecule has 98 valence electrons. The van der Waals surface area contributed by atoms with Crippen LogP contribution >= 0.6 is 0 Å². The number of rotatable bonds is 1. The van der Waals surface area contributed by atoms with Crippen LogP contribution in [-0.4, -0.2) is 54.5 Å². The van der Waals surface area contributed by atoms with Crippen molar-refractivity contribution in [3.8, 4) is 0 Å². The van der Waals surface area contributed by atoms with Crippen molar-refractivity contribution in [1.29, 1.82) is 0 Å². The summed E-state index contributed by atoms with van der Waals surface area (Å²) in [5.41, 5.74) is -0.592. The first kappa shape index (κ1) is 13.6. The van der Waals surface area contributed by atoms with Crippen LogP contribution in [0.15, 0.2) is 0 Å². The van der Waals surface area contributed by atoms with E-state index in [0.717, 1.165) is 0 Å². The van der Waals surface area contributed by atoms with Gasteiger partial charge in [0, 0.05) is 27.1 Å². The molecule has 1 aliphatic heterocycles. The van der Waals surface area contributed by atoms with Gasteiger partial charge in [0.05, 0.1) is 0 Å². The predicted molar refractivity (Wildman–Crippen MR) is 61.5 cm³/mol. The lowest BCUT2D eigenvalue weighted by molar-refractivity contribution is -0.0695. The number of ether oxygens (including phenoxy) is 2. The van der Waals surface area contributed by atoms with E-state index in [2.05, 4.69) is 0 Å². The number of urea groups is 1. The molecule has 1 aliphatic rings. The highest BCUT2D eigenvalue weighted by molar-refractivity contribution is 5.75. The SMILES string of the molecule is CN1CCC(OC(=O)OC(C)(C)C)N(C)C1=O. The second-order valence-electron chi connectivity index (χ2n) is 5.14. The summed E-state index contributed by atoms with van der Waals surface area (Å²) in [7, 11) is 3.32. The van der Waals surface area contributed by atoms with Gasteiger partial charge in [0.2, 0.25) is 0 Å². The zero-order valence-electron chi connectivity index (χ0n) is 11.0. The third-order valence-corrected chi connectivity index (χ3v) is 2.39. The van der Waals surface area contributed by atoms with Crippen LogP contribution in [0.25, 0.3) is 0 Å². The first-order valence-corrected chi connectivity index (χ1v) is 5.58. The second kappa shape index (κ2) is 4.81. The Morgan fingerprint density at radius 1 is 1.35 bits per heavy atom. The topological polar surface area (TPSA) is 59.1 Å². The Morgan fingerprint density at radius 3 is 2.47 bits per heavy atom. The van der Waals surface area contributed by atoms with Gasteiger partial charge < -0.3 is 14.4 Å². The minimum atomic E-state index is -0.744. The summed E-state index contributed by atoms with van der Waals surface area (Å²) >= 11 is 0. The van der Waals surface area contributed by atoms with Crippen LogP contribution in [0, 0.1) is 0 Å². The molecule has 1 saturated heterocycles. The summed E-state index contributed by atoms with van der Waals surface area (Å²) in [6.07, 6.45) is -0.710. The zero-order chi connectivity index (χ0) is 13.2. The normalized spacial score (nSPS) is 21.5. The molecule has 0 spiro atoms. The number of carbonyl (C=O) groups is 2. The van der Waals surface area contributed by atoms with Crippen LogP contribution in [0.3, 0.4) is 0 Å². The molecule has 0 aromatic carbocycles. The molecular weight excluding hydrogens is 224 g/mol. The first-order valence-electron chi connectivity index (χ1n) is 5.58. The molecular formula is C11H20N2O4. The van der Waals surface area contributed by atoms with Gasteiger partial charge >= 0.3 is 12.2 Å². The van der Waals surface area contributed by atoms with E-state index in [1.165, 1.54) is 4.90 Å². The molecule has 6 heteroatoms. The average molecular weight is 244 g/mol. The third-order valence-electron chi connectivity index (χ3n) is 2.39. The number of carbonyl (C=O) groups excluding carboxylic acids is 2. The lowest BCUT2D eigenvalue weighted by Crippen LogP contribution is -2.52. The van der Waals surface area contributed by atoms with Crippen molar-refractivity contribution in [3.63, 3.8) is 0 Å². The highest BCUT2D eigenvalue weighted by Gasteiger charge is 2.32. The van der Waals surface area contributed by atoms with Gasteiger partial charge in [-0.1, -0.05) is 0 Å². The fourth-order valence-electron chi connectivity index (χ4n) is 1.51. The average Bonchev–Trinajstić information content (AvgIpc) is 2.16. The second-order valence-corrected chi connectivity index (χ2v) is 5.14. The van der Waals surface area contributed by atoms with E-state index in [-0.39, 0.29) is 6.03 Å². The van der Waals surface area contributed by atoms with Crippen molar-refractivity contribution < 1.29 is 19.1 Å². The first-order chi connectivity index (χ1) is 7.70. The van der Waals surface area contributed by atoms with Crippen LogP contribution in [0.5, 0.6) is 0 Å². The molecule has 0 aromatic rings. The molecule has 0 radical (unpaired) electrons. The molecule has 1 rings (SSSR count). The minimum Gasteiger partial charge on any atom is -0.429 e. The molecule has 1 heterocycles. The lowest BCUT2D eigenvalue weighted by Gasteiger charge is -2.36. The quantitative estimate of drug-likeness (QED) is 0.658. The smallest absolute Gasteiger partial charge is 0.429 e. The lowest BCUT2D eigenvalue weighted by atomic mass is 10.2. The van der Waals surface area contributed by atoms with Gasteiger partial charge in [0.25, 0.3) is 0 Å². The van der Waals surface area contributed by atoms with Gasteiger partial charge in [0.1, 0.15) is 5.60 Å². The maximum absolute atomic E-state index is 11.6. The molecule has 0 N–H and O–H groups in total. The Balaban J connectivity index is 2.52.